The van der Waals surface area contributed by atoms with Crippen LogP contribution >= 0.6 is 0 Å². The molecule has 0 radical (unpaired) electrons. The Hall–Kier alpha value is 0.511. The fourth-order valence-corrected chi connectivity index (χ4v) is 2.80. The van der Waals surface area contributed by atoms with E-state index in [1.165, 1.54) is 0 Å². The molecule has 0 aromatic rings. The number of carbonyl (C=O) groups excluding carboxylic acids is 2. The molecule has 0 N–H and O–H groups in total. The molecule has 0 aliphatic carbocycles. The van der Waals surface area contributed by atoms with Crippen LogP contribution in [0.3, 0.4) is 0 Å². The van der Waals surface area contributed by atoms with Crippen molar-refractivity contribution >= 4 is 60.8 Å². The second kappa shape index (κ2) is 12.8. The van der Waals surface area contributed by atoms with Crippen LogP contribution in [0.4, 0.5) is 0 Å². The van der Waals surface area contributed by atoms with Gasteiger partial charge in [0, 0.05) is 11.9 Å². The van der Waals surface area contributed by atoms with Crippen molar-refractivity contribution in [2.45, 2.75) is 81.1 Å². The Morgan fingerprint density at radius 2 is 0.957 bits per heavy atom. The summed E-state index contributed by atoms with van der Waals surface area (Å²) in [5.74, 6) is -1.44. The van der Waals surface area contributed by atoms with Crippen LogP contribution in [0.25, 0.3) is 0 Å². The van der Waals surface area contributed by atoms with Gasteiger partial charge in [-0.25, -0.2) is 0 Å². The van der Waals surface area contributed by atoms with Crippen molar-refractivity contribution in [3.05, 3.63) is 0 Å². The quantitative estimate of drug-likeness (QED) is 0.579. The van der Waals surface area contributed by atoms with E-state index in [2.05, 4.69) is 41.5 Å². The molecule has 2 unspecified atom stereocenters. The van der Waals surface area contributed by atoms with E-state index in [9.17, 15) is 19.8 Å². The summed E-state index contributed by atoms with van der Waals surface area (Å²) in [5, 5.41) is 20.4. The maximum absolute atomic E-state index is 10.2. The van der Waals surface area contributed by atoms with Crippen molar-refractivity contribution in [1.82, 2.24) is 0 Å². The third kappa shape index (κ3) is 27.6. The Bertz CT molecular complexity index is 306. The van der Waals surface area contributed by atoms with Gasteiger partial charge in [0.05, 0.1) is 0 Å². The van der Waals surface area contributed by atoms with E-state index in [0.717, 1.165) is 12.8 Å². The van der Waals surface area contributed by atoms with Crippen LogP contribution in [-0.2, 0) is 9.59 Å². The minimum absolute atomic E-state index is 0. The summed E-state index contributed by atoms with van der Waals surface area (Å²) >= 11 is 0. The van der Waals surface area contributed by atoms with Gasteiger partial charge in [-0.15, -0.1) is 0 Å². The number of carboxylic acids is 2. The molecule has 0 heterocycles. The van der Waals surface area contributed by atoms with E-state index in [0.29, 0.717) is 0 Å². The van der Waals surface area contributed by atoms with Crippen LogP contribution in [0.5, 0.6) is 0 Å². The van der Waals surface area contributed by atoms with Crippen molar-refractivity contribution in [1.29, 1.82) is 0 Å². The second-order valence-corrected chi connectivity index (χ2v) is 8.89. The largest absolute Gasteiger partial charge is 2.00 e. The molecule has 0 fully saturated rings. The first-order valence-corrected chi connectivity index (χ1v) is 8.02. The summed E-state index contributed by atoms with van der Waals surface area (Å²) in [6.07, 6.45) is 2.22. The molecule has 0 saturated carbocycles. The number of carbonyl (C=O) groups is 2. The van der Waals surface area contributed by atoms with Crippen LogP contribution < -0.4 is 10.2 Å². The average Bonchev–Trinajstić information content (AvgIpc) is 2.07. The van der Waals surface area contributed by atoms with Crippen LogP contribution in [0, 0.1) is 22.7 Å². The first kappa shape index (κ1) is 28.3. The average molecular weight is 452 g/mol. The topological polar surface area (TPSA) is 80.3 Å². The normalized spacial score (nSPS) is 13.9. The third-order valence-corrected chi connectivity index (χ3v) is 2.95. The summed E-state index contributed by atoms with van der Waals surface area (Å²) in [5.41, 5.74) is 0.434. The Morgan fingerprint density at radius 1 is 0.739 bits per heavy atom. The van der Waals surface area contributed by atoms with Gasteiger partial charge in [0.25, 0.3) is 0 Å². The zero-order valence-electron chi connectivity index (χ0n) is 16.3. The van der Waals surface area contributed by atoms with E-state index in [1.54, 1.807) is 0 Å². The number of aliphatic carboxylic acids is 2. The predicted octanol–water partition coefficient (Wildman–Crippen LogP) is 2.02. The van der Waals surface area contributed by atoms with Gasteiger partial charge in [0.2, 0.25) is 0 Å². The second-order valence-electron chi connectivity index (χ2n) is 8.89. The van der Waals surface area contributed by atoms with Gasteiger partial charge in [0.1, 0.15) is 0 Å². The number of hydrogen-bond donors (Lipinski definition) is 0. The first-order chi connectivity index (χ1) is 9.62. The molecule has 5 heteroatoms. The molecule has 0 aromatic carbocycles. The molecular formula is C18H34BaO4. The number of hydrogen-bond acceptors (Lipinski definition) is 4. The summed E-state index contributed by atoms with van der Waals surface area (Å²) in [6, 6.07) is 0. The molecule has 23 heavy (non-hydrogen) atoms. The van der Waals surface area contributed by atoms with Crippen LogP contribution in [0.1, 0.15) is 81.1 Å². The summed E-state index contributed by atoms with van der Waals surface area (Å²) < 4.78 is 0. The molecule has 0 amide bonds. The van der Waals surface area contributed by atoms with Crippen molar-refractivity contribution in [3.63, 3.8) is 0 Å². The van der Waals surface area contributed by atoms with Gasteiger partial charge in [-0.05, 0) is 48.3 Å². The Labute approximate surface area is 182 Å². The summed E-state index contributed by atoms with van der Waals surface area (Å²) in [7, 11) is 0. The molecule has 0 spiro atoms. The molecule has 0 saturated heterocycles. The predicted molar refractivity (Wildman–Crippen MR) is 91.5 cm³/mol. The third-order valence-electron chi connectivity index (χ3n) is 2.95. The Balaban J connectivity index is -0.000000333. The number of rotatable bonds is 6. The maximum Gasteiger partial charge on any atom is 2.00 e. The van der Waals surface area contributed by atoms with Gasteiger partial charge in [-0.2, -0.15) is 0 Å². The molecular weight excluding hydrogens is 418 g/mol. The van der Waals surface area contributed by atoms with Gasteiger partial charge in [-0.1, -0.05) is 55.4 Å². The zero-order chi connectivity index (χ0) is 18.1. The van der Waals surface area contributed by atoms with Crippen molar-refractivity contribution < 1.29 is 19.8 Å². The first-order valence-electron chi connectivity index (χ1n) is 8.02. The smallest absolute Gasteiger partial charge is 0.550 e. The minimum Gasteiger partial charge on any atom is -0.550 e. The number of carboxylic acid groups (broad SMARTS) is 2. The molecule has 0 aliphatic heterocycles. The van der Waals surface area contributed by atoms with Gasteiger partial charge in [-0.3, -0.25) is 0 Å². The van der Waals surface area contributed by atoms with Gasteiger partial charge < -0.3 is 19.8 Å². The molecule has 2 atom stereocenters. The molecule has 0 bridgehead atoms. The van der Waals surface area contributed by atoms with E-state index in [4.69, 9.17) is 0 Å². The van der Waals surface area contributed by atoms with Crippen molar-refractivity contribution in [3.8, 4) is 0 Å². The van der Waals surface area contributed by atoms with E-state index in [1.807, 2.05) is 13.8 Å². The van der Waals surface area contributed by atoms with Gasteiger partial charge in [0.15, 0.2) is 0 Å². The summed E-state index contributed by atoms with van der Waals surface area (Å²) in [6.45, 7) is 16.6. The molecule has 4 nitrogen and oxygen atoms in total. The van der Waals surface area contributed by atoms with Crippen LogP contribution in [0.15, 0.2) is 0 Å². The molecule has 0 aliphatic rings. The minimum atomic E-state index is -0.943. The molecule has 132 valence electrons. The fourth-order valence-electron chi connectivity index (χ4n) is 2.80. The van der Waals surface area contributed by atoms with E-state index >= 15 is 0 Å². The maximum atomic E-state index is 10.2. The van der Waals surface area contributed by atoms with Crippen molar-refractivity contribution in [2.75, 3.05) is 0 Å². The van der Waals surface area contributed by atoms with Crippen molar-refractivity contribution in [2.24, 2.45) is 22.7 Å². The Morgan fingerprint density at radius 3 is 1.09 bits per heavy atom. The van der Waals surface area contributed by atoms with Gasteiger partial charge >= 0.3 is 48.9 Å². The van der Waals surface area contributed by atoms with E-state index < -0.39 is 11.9 Å². The molecule has 0 aromatic heterocycles. The zero-order valence-corrected chi connectivity index (χ0v) is 20.8. The summed E-state index contributed by atoms with van der Waals surface area (Å²) in [4.78, 5) is 20.4. The van der Waals surface area contributed by atoms with E-state index in [-0.39, 0.29) is 84.4 Å². The van der Waals surface area contributed by atoms with Crippen LogP contribution in [-0.4, -0.2) is 60.8 Å². The molecule has 0 rings (SSSR count). The Kier molecular flexibility index (Phi) is 15.8. The monoisotopic (exact) mass is 452 g/mol. The standard InChI is InChI=1S/2C9H18O2.Ba/c2*1-7(5-8(10)11)6-9(2,3)4;/h2*7H,5-6H2,1-4H3,(H,10,11);/q;;+2/p-2. The SMILES string of the molecule is CC(CC(=O)[O-])CC(C)(C)C.CC(CC(=O)[O-])CC(C)(C)C.[Ba+2]. The van der Waals surface area contributed by atoms with Crippen LogP contribution in [0.2, 0.25) is 0 Å². The fraction of sp³-hybridized carbons (Fsp3) is 0.889.